The Kier molecular flexibility index (Phi) is 5.63. The third-order valence-corrected chi connectivity index (χ3v) is 4.65. The molecule has 18 heavy (non-hydrogen) atoms. The van der Waals surface area contributed by atoms with Gasteiger partial charge in [-0.05, 0) is 51.5 Å². The van der Waals surface area contributed by atoms with E-state index in [0.29, 0.717) is 0 Å². The van der Waals surface area contributed by atoms with Crippen molar-refractivity contribution in [1.82, 2.24) is 15.1 Å². The second kappa shape index (κ2) is 7.24. The quantitative estimate of drug-likeness (QED) is 0.794. The van der Waals surface area contributed by atoms with Crippen LogP contribution in [0, 0.1) is 0 Å². The SMILES string of the molecule is CN(C)C1CCN(CCNCc2cccs2)CC1. The highest BCUT2D eigenvalue weighted by Crippen LogP contribution is 2.13. The minimum absolute atomic E-state index is 0.792. The molecule has 0 amide bonds. The molecule has 0 bridgehead atoms. The third-order valence-electron chi connectivity index (χ3n) is 3.77. The zero-order valence-corrected chi connectivity index (χ0v) is 12.4. The lowest BCUT2D eigenvalue weighted by molar-refractivity contribution is 0.145. The molecule has 0 saturated carbocycles. The van der Waals surface area contributed by atoms with E-state index in [1.54, 1.807) is 0 Å². The first-order valence-corrected chi connectivity index (χ1v) is 7.75. The molecule has 1 saturated heterocycles. The van der Waals surface area contributed by atoms with Gasteiger partial charge in [0.05, 0.1) is 0 Å². The van der Waals surface area contributed by atoms with Gasteiger partial charge in [0.1, 0.15) is 0 Å². The molecule has 0 atom stereocenters. The van der Waals surface area contributed by atoms with E-state index in [4.69, 9.17) is 0 Å². The molecule has 1 N–H and O–H groups in total. The average molecular weight is 267 g/mol. The number of piperidine rings is 1. The van der Waals surface area contributed by atoms with Crippen LogP contribution in [0.2, 0.25) is 0 Å². The fourth-order valence-corrected chi connectivity index (χ4v) is 3.20. The third kappa shape index (κ3) is 4.35. The average Bonchev–Trinajstić information content (AvgIpc) is 2.88. The van der Waals surface area contributed by atoms with E-state index >= 15 is 0 Å². The molecule has 1 aliphatic rings. The highest BCUT2D eigenvalue weighted by atomic mass is 32.1. The first-order valence-electron chi connectivity index (χ1n) is 6.87. The Morgan fingerprint density at radius 1 is 1.39 bits per heavy atom. The standard InChI is InChI=1S/C14H25N3S/c1-16(2)13-5-8-17(9-6-13)10-7-15-12-14-4-3-11-18-14/h3-4,11,13,15H,5-10,12H2,1-2H3. The monoisotopic (exact) mass is 267 g/mol. The summed E-state index contributed by atoms with van der Waals surface area (Å²) in [4.78, 5) is 6.38. The smallest absolute Gasteiger partial charge is 0.0300 e. The van der Waals surface area contributed by atoms with Crippen LogP contribution in [0.4, 0.5) is 0 Å². The Bertz CT molecular complexity index is 316. The maximum absolute atomic E-state index is 3.53. The van der Waals surface area contributed by atoms with E-state index in [-0.39, 0.29) is 0 Å². The number of likely N-dealkylation sites (tertiary alicyclic amines) is 1. The van der Waals surface area contributed by atoms with Crippen molar-refractivity contribution < 1.29 is 0 Å². The van der Waals surface area contributed by atoms with Gasteiger partial charge in [0.25, 0.3) is 0 Å². The molecule has 1 aliphatic heterocycles. The van der Waals surface area contributed by atoms with E-state index in [1.165, 1.54) is 37.4 Å². The molecule has 2 rings (SSSR count). The van der Waals surface area contributed by atoms with Gasteiger partial charge < -0.3 is 15.1 Å². The van der Waals surface area contributed by atoms with Crippen LogP contribution in [-0.2, 0) is 6.54 Å². The maximum Gasteiger partial charge on any atom is 0.0300 e. The predicted molar refractivity (Wildman–Crippen MR) is 79.2 cm³/mol. The van der Waals surface area contributed by atoms with Crippen molar-refractivity contribution in [2.45, 2.75) is 25.4 Å². The van der Waals surface area contributed by atoms with Crippen molar-refractivity contribution >= 4 is 11.3 Å². The summed E-state index contributed by atoms with van der Waals surface area (Å²) in [6, 6.07) is 5.11. The van der Waals surface area contributed by atoms with Gasteiger partial charge in [-0.1, -0.05) is 6.07 Å². The van der Waals surface area contributed by atoms with Crippen molar-refractivity contribution in [1.29, 1.82) is 0 Å². The highest BCUT2D eigenvalue weighted by molar-refractivity contribution is 7.09. The summed E-state index contributed by atoms with van der Waals surface area (Å²) in [6.07, 6.45) is 2.63. The number of nitrogens with one attached hydrogen (secondary N) is 1. The molecule has 0 radical (unpaired) electrons. The number of hydrogen-bond donors (Lipinski definition) is 1. The van der Waals surface area contributed by atoms with Crippen LogP contribution in [0.1, 0.15) is 17.7 Å². The van der Waals surface area contributed by atoms with Gasteiger partial charge in [-0.2, -0.15) is 0 Å². The summed E-state index contributed by atoms with van der Waals surface area (Å²) in [6.45, 7) is 5.81. The first-order chi connectivity index (χ1) is 8.75. The summed E-state index contributed by atoms with van der Waals surface area (Å²) in [5, 5.41) is 5.67. The summed E-state index contributed by atoms with van der Waals surface area (Å²) >= 11 is 1.83. The summed E-state index contributed by atoms with van der Waals surface area (Å²) in [7, 11) is 4.39. The van der Waals surface area contributed by atoms with Gasteiger partial charge >= 0.3 is 0 Å². The molecule has 102 valence electrons. The van der Waals surface area contributed by atoms with Crippen molar-refractivity contribution in [3.63, 3.8) is 0 Å². The molecular weight excluding hydrogens is 242 g/mol. The topological polar surface area (TPSA) is 18.5 Å². The molecule has 1 aromatic rings. The van der Waals surface area contributed by atoms with Crippen molar-refractivity contribution in [3.05, 3.63) is 22.4 Å². The molecule has 2 heterocycles. The second-order valence-corrected chi connectivity index (χ2v) is 6.32. The van der Waals surface area contributed by atoms with Crippen LogP contribution >= 0.6 is 11.3 Å². The Morgan fingerprint density at radius 3 is 2.78 bits per heavy atom. The van der Waals surface area contributed by atoms with Crippen molar-refractivity contribution in [2.24, 2.45) is 0 Å². The summed E-state index contributed by atoms with van der Waals surface area (Å²) in [5.74, 6) is 0. The highest BCUT2D eigenvalue weighted by Gasteiger charge is 2.19. The van der Waals surface area contributed by atoms with E-state index in [1.807, 2.05) is 11.3 Å². The molecule has 0 spiro atoms. The lowest BCUT2D eigenvalue weighted by atomic mass is 10.0. The second-order valence-electron chi connectivity index (χ2n) is 5.29. The first kappa shape index (κ1) is 14.0. The Balaban J connectivity index is 1.55. The molecule has 4 heteroatoms. The number of hydrogen-bond acceptors (Lipinski definition) is 4. The fourth-order valence-electron chi connectivity index (χ4n) is 2.52. The predicted octanol–water partition coefficient (Wildman–Crippen LogP) is 1.86. The van der Waals surface area contributed by atoms with Crippen molar-refractivity contribution in [2.75, 3.05) is 40.3 Å². The molecule has 0 aliphatic carbocycles. The van der Waals surface area contributed by atoms with Gasteiger partial charge in [-0.15, -0.1) is 11.3 Å². The lowest BCUT2D eigenvalue weighted by Gasteiger charge is -2.35. The number of rotatable bonds is 6. The van der Waals surface area contributed by atoms with Crippen molar-refractivity contribution in [3.8, 4) is 0 Å². The largest absolute Gasteiger partial charge is 0.311 e. The number of nitrogens with zero attached hydrogens (tertiary/aromatic N) is 2. The molecule has 1 aromatic heterocycles. The van der Waals surface area contributed by atoms with E-state index in [2.05, 4.69) is 46.7 Å². The molecule has 0 aromatic carbocycles. The van der Waals surface area contributed by atoms with Crippen LogP contribution in [-0.4, -0.2) is 56.1 Å². The minimum Gasteiger partial charge on any atom is -0.311 e. The molecular formula is C14H25N3S. The minimum atomic E-state index is 0.792. The van der Waals surface area contributed by atoms with Gasteiger partial charge in [-0.25, -0.2) is 0 Å². The van der Waals surface area contributed by atoms with E-state index in [9.17, 15) is 0 Å². The maximum atomic E-state index is 3.53. The van der Waals surface area contributed by atoms with Gasteiger partial charge in [0.15, 0.2) is 0 Å². The molecule has 0 unspecified atom stereocenters. The van der Waals surface area contributed by atoms with Crippen LogP contribution in [0.3, 0.4) is 0 Å². The summed E-state index contributed by atoms with van der Waals surface area (Å²) < 4.78 is 0. The van der Waals surface area contributed by atoms with Crippen LogP contribution < -0.4 is 5.32 Å². The zero-order valence-electron chi connectivity index (χ0n) is 11.6. The Labute approximate surface area is 115 Å². The van der Waals surface area contributed by atoms with Gasteiger partial charge in [0.2, 0.25) is 0 Å². The van der Waals surface area contributed by atoms with E-state index < -0.39 is 0 Å². The van der Waals surface area contributed by atoms with Gasteiger partial charge in [0, 0.05) is 30.6 Å². The lowest BCUT2D eigenvalue weighted by Crippen LogP contribution is -2.43. The molecule has 3 nitrogen and oxygen atoms in total. The normalized spacial score (nSPS) is 18.6. The Hall–Kier alpha value is -0.420. The zero-order chi connectivity index (χ0) is 12.8. The summed E-state index contributed by atoms with van der Waals surface area (Å²) in [5.41, 5.74) is 0. The fraction of sp³-hybridized carbons (Fsp3) is 0.714. The Morgan fingerprint density at radius 2 is 2.17 bits per heavy atom. The van der Waals surface area contributed by atoms with Crippen LogP contribution in [0.25, 0.3) is 0 Å². The van der Waals surface area contributed by atoms with Crippen LogP contribution in [0.5, 0.6) is 0 Å². The van der Waals surface area contributed by atoms with E-state index in [0.717, 1.165) is 19.1 Å². The number of thiophene rings is 1. The molecule has 1 fully saturated rings. The van der Waals surface area contributed by atoms with Crippen LogP contribution in [0.15, 0.2) is 17.5 Å². The van der Waals surface area contributed by atoms with Gasteiger partial charge in [-0.3, -0.25) is 0 Å².